The summed E-state index contributed by atoms with van der Waals surface area (Å²) in [5.41, 5.74) is 0. The molecular formula is C23H38N4O2. The second-order valence-corrected chi connectivity index (χ2v) is 8.94. The molecule has 1 atom stereocenters. The van der Waals surface area contributed by atoms with E-state index >= 15 is 0 Å². The van der Waals surface area contributed by atoms with Crippen LogP contribution in [0.25, 0.3) is 0 Å². The molecule has 1 aliphatic carbocycles. The minimum Gasteiger partial charge on any atom is -0.469 e. The lowest BCUT2D eigenvalue weighted by molar-refractivity contribution is 0.0315. The largest absolute Gasteiger partial charge is 0.469 e. The number of likely N-dealkylation sites (tertiary alicyclic amines) is 1. The Morgan fingerprint density at radius 3 is 2.72 bits per heavy atom. The Kier molecular flexibility index (Phi) is 7.88. The van der Waals surface area contributed by atoms with Gasteiger partial charge in [0.1, 0.15) is 5.76 Å². The first-order chi connectivity index (χ1) is 14.4. The summed E-state index contributed by atoms with van der Waals surface area (Å²) < 4.78 is 11.0. The van der Waals surface area contributed by atoms with Crippen molar-refractivity contribution in [3.63, 3.8) is 0 Å². The third-order valence-electron chi connectivity index (χ3n) is 6.66. The zero-order valence-electron chi connectivity index (χ0n) is 17.9. The van der Waals surface area contributed by atoms with E-state index in [0.29, 0.717) is 0 Å². The van der Waals surface area contributed by atoms with Gasteiger partial charge < -0.3 is 19.4 Å². The number of aliphatic imine (C=N–C) groups is 1. The number of rotatable bonds is 7. The molecule has 4 rings (SSSR count). The highest BCUT2D eigenvalue weighted by atomic mass is 16.5. The topological polar surface area (TPSA) is 53.2 Å². The van der Waals surface area contributed by atoms with Crippen LogP contribution in [0.1, 0.15) is 44.3 Å². The summed E-state index contributed by atoms with van der Waals surface area (Å²) in [4.78, 5) is 10.2. The molecule has 1 unspecified atom stereocenters. The van der Waals surface area contributed by atoms with Crippen molar-refractivity contribution in [3.8, 4) is 0 Å². The second kappa shape index (κ2) is 11.0. The molecule has 1 saturated carbocycles. The molecule has 2 saturated heterocycles. The van der Waals surface area contributed by atoms with E-state index in [2.05, 4.69) is 21.2 Å². The van der Waals surface area contributed by atoms with E-state index in [9.17, 15) is 0 Å². The highest BCUT2D eigenvalue weighted by Gasteiger charge is 2.27. The van der Waals surface area contributed by atoms with Crippen LogP contribution in [0.15, 0.2) is 27.8 Å². The molecule has 0 bridgehead atoms. The predicted molar refractivity (Wildman–Crippen MR) is 116 cm³/mol. The van der Waals surface area contributed by atoms with E-state index < -0.39 is 0 Å². The molecule has 6 heteroatoms. The maximum atomic E-state index is 5.50. The zero-order chi connectivity index (χ0) is 19.7. The normalized spacial score (nSPS) is 24.9. The van der Waals surface area contributed by atoms with Gasteiger partial charge in [0, 0.05) is 52.2 Å². The summed E-state index contributed by atoms with van der Waals surface area (Å²) in [6.45, 7) is 9.23. The summed E-state index contributed by atoms with van der Waals surface area (Å²) in [5, 5.41) is 3.65. The summed E-state index contributed by atoms with van der Waals surface area (Å²) in [6, 6.07) is 4.01. The number of nitrogens with one attached hydrogen (secondary N) is 1. The lowest BCUT2D eigenvalue weighted by Crippen LogP contribution is -2.43. The van der Waals surface area contributed by atoms with Crippen LogP contribution in [-0.2, 0) is 11.2 Å². The lowest BCUT2D eigenvalue weighted by Gasteiger charge is -2.29. The fourth-order valence-corrected chi connectivity index (χ4v) is 4.93. The number of hydrogen-bond acceptors (Lipinski definition) is 4. The Labute approximate surface area is 175 Å². The number of nitrogens with zero attached hydrogens (tertiary/aromatic N) is 3. The molecular weight excluding hydrogens is 364 g/mol. The van der Waals surface area contributed by atoms with Crippen LogP contribution in [0.2, 0.25) is 0 Å². The van der Waals surface area contributed by atoms with E-state index in [-0.39, 0.29) is 0 Å². The first kappa shape index (κ1) is 20.7. The summed E-state index contributed by atoms with van der Waals surface area (Å²) >= 11 is 0. The minimum atomic E-state index is 0.736. The van der Waals surface area contributed by atoms with E-state index in [0.717, 1.165) is 82.5 Å². The van der Waals surface area contributed by atoms with Gasteiger partial charge in [0.05, 0.1) is 19.5 Å². The van der Waals surface area contributed by atoms with Gasteiger partial charge in [-0.25, -0.2) is 0 Å². The molecule has 1 aromatic rings. The number of guanidine groups is 1. The van der Waals surface area contributed by atoms with Gasteiger partial charge in [-0.15, -0.1) is 0 Å². The van der Waals surface area contributed by atoms with Crippen molar-refractivity contribution in [1.82, 2.24) is 15.1 Å². The van der Waals surface area contributed by atoms with Crippen LogP contribution in [0.3, 0.4) is 0 Å². The van der Waals surface area contributed by atoms with Crippen molar-refractivity contribution < 1.29 is 9.15 Å². The molecule has 29 heavy (non-hydrogen) atoms. The highest BCUT2D eigenvalue weighted by Crippen LogP contribution is 2.24. The molecule has 3 heterocycles. The third-order valence-corrected chi connectivity index (χ3v) is 6.66. The summed E-state index contributed by atoms with van der Waals surface area (Å²) in [7, 11) is 0. The van der Waals surface area contributed by atoms with Gasteiger partial charge in [0.15, 0.2) is 5.96 Å². The Balaban J connectivity index is 1.30. The first-order valence-corrected chi connectivity index (χ1v) is 11.7. The average molecular weight is 403 g/mol. The van der Waals surface area contributed by atoms with Crippen molar-refractivity contribution in [2.24, 2.45) is 16.8 Å². The van der Waals surface area contributed by atoms with Gasteiger partial charge in [0.25, 0.3) is 0 Å². The predicted octanol–water partition coefficient (Wildman–Crippen LogP) is 3.00. The molecule has 1 N–H and O–H groups in total. The quantitative estimate of drug-likeness (QED) is 0.561. The van der Waals surface area contributed by atoms with Crippen molar-refractivity contribution in [3.05, 3.63) is 24.2 Å². The van der Waals surface area contributed by atoms with E-state index in [1.807, 2.05) is 6.07 Å². The van der Waals surface area contributed by atoms with Crippen molar-refractivity contribution in [1.29, 1.82) is 0 Å². The molecule has 0 aromatic carbocycles. The standard InChI is InChI=1S/C23H38N4O2/c1-2-5-20(6-3-1)17-25-23(24-10-8-22-7-4-14-29-22)27-11-9-21(19-27)18-26-12-15-28-16-13-26/h4,7,14,20-21H,1-3,5-6,8-13,15-19H2,(H,24,25). The number of hydrogen-bond donors (Lipinski definition) is 1. The molecule has 162 valence electrons. The average Bonchev–Trinajstić information content (AvgIpc) is 3.44. The van der Waals surface area contributed by atoms with Crippen LogP contribution in [0.4, 0.5) is 0 Å². The van der Waals surface area contributed by atoms with Gasteiger partial charge in [-0.3, -0.25) is 9.89 Å². The second-order valence-electron chi connectivity index (χ2n) is 8.94. The third kappa shape index (κ3) is 6.48. The highest BCUT2D eigenvalue weighted by molar-refractivity contribution is 5.80. The fourth-order valence-electron chi connectivity index (χ4n) is 4.93. The molecule has 1 aromatic heterocycles. The first-order valence-electron chi connectivity index (χ1n) is 11.7. The van der Waals surface area contributed by atoms with E-state index in [1.54, 1.807) is 6.26 Å². The molecule has 0 spiro atoms. The SMILES string of the molecule is c1coc(CCNC(=NCC2CCCCC2)N2CCC(CN3CCOCC3)C2)c1. The fraction of sp³-hybridized carbons (Fsp3) is 0.783. The van der Waals surface area contributed by atoms with Crippen LogP contribution < -0.4 is 5.32 Å². The Morgan fingerprint density at radius 1 is 1.07 bits per heavy atom. The molecule has 0 amide bonds. The van der Waals surface area contributed by atoms with E-state index in [1.165, 1.54) is 45.1 Å². The van der Waals surface area contributed by atoms with Crippen LogP contribution in [0, 0.1) is 11.8 Å². The number of ether oxygens (including phenoxy) is 1. The molecule has 3 fully saturated rings. The van der Waals surface area contributed by atoms with Gasteiger partial charge in [-0.05, 0) is 43.2 Å². The van der Waals surface area contributed by atoms with Crippen molar-refractivity contribution in [2.45, 2.75) is 44.9 Å². The Hall–Kier alpha value is -1.53. The van der Waals surface area contributed by atoms with Crippen LogP contribution in [-0.4, -0.2) is 74.8 Å². The molecule has 0 radical (unpaired) electrons. The smallest absolute Gasteiger partial charge is 0.193 e. The Morgan fingerprint density at radius 2 is 1.93 bits per heavy atom. The lowest BCUT2D eigenvalue weighted by atomic mass is 9.89. The Bertz CT molecular complexity index is 606. The summed E-state index contributed by atoms with van der Waals surface area (Å²) in [6.07, 6.45) is 10.8. The van der Waals surface area contributed by atoms with Gasteiger partial charge in [-0.2, -0.15) is 0 Å². The van der Waals surface area contributed by atoms with Crippen molar-refractivity contribution in [2.75, 3.05) is 59.0 Å². The number of furan rings is 1. The molecule has 3 aliphatic rings. The summed E-state index contributed by atoms with van der Waals surface area (Å²) in [5.74, 6) is 3.67. The maximum Gasteiger partial charge on any atom is 0.193 e. The number of morpholine rings is 1. The monoisotopic (exact) mass is 402 g/mol. The zero-order valence-corrected chi connectivity index (χ0v) is 17.9. The van der Waals surface area contributed by atoms with Gasteiger partial charge in [-0.1, -0.05) is 19.3 Å². The van der Waals surface area contributed by atoms with Crippen LogP contribution >= 0.6 is 0 Å². The maximum absolute atomic E-state index is 5.50. The molecule has 6 nitrogen and oxygen atoms in total. The molecule has 2 aliphatic heterocycles. The van der Waals surface area contributed by atoms with Crippen molar-refractivity contribution >= 4 is 5.96 Å². The van der Waals surface area contributed by atoms with Gasteiger partial charge in [0.2, 0.25) is 0 Å². The minimum absolute atomic E-state index is 0.736. The van der Waals surface area contributed by atoms with E-state index in [4.69, 9.17) is 14.1 Å². The van der Waals surface area contributed by atoms with Crippen LogP contribution in [0.5, 0.6) is 0 Å². The van der Waals surface area contributed by atoms with Gasteiger partial charge >= 0.3 is 0 Å².